The van der Waals surface area contributed by atoms with Gasteiger partial charge in [0.2, 0.25) is 0 Å². The quantitative estimate of drug-likeness (QED) is 0.638. The van der Waals surface area contributed by atoms with Crippen molar-refractivity contribution in [2.45, 2.75) is 39.2 Å². The molecule has 1 aliphatic rings. The van der Waals surface area contributed by atoms with Crippen molar-refractivity contribution < 1.29 is 18.1 Å². The maximum Gasteiger partial charge on any atom is 0.258 e. The summed E-state index contributed by atoms with van der Waals surface area (Å²) >= 11 is 0. The zero-order chi connectivity index (χ0) is 20.8. The van der Waals surface area contributed by atoms with Gasteiger partial charge in [0.15, 0.2) is 5.82 Å². The van der Waals surface area contributed by atoms with Crippen molar-refractivity contribution in [1.29, 1.82) is 0 Å². The van der Waals surface area contributed by atoms with E-state index in [1.165, 1.54) is 4.90 Å². The molecule has 0 saturated heterocycles. The summed E-state index contributed by atoms with van der Waals surface area (Å²) in [5.74, 6) is -0.425. The number of carbonyl (C=O) groups is 1. The first-order chi connectivity index (χ1) is 13.8. The van der Waals surface area contributed by atoms with Gasteiger partial charge in [0.25, 0.3) is 11.8 Å². The Morgan fingerprint density at radius 2 is 1.76 bits per heavy atom. The highest BCUT2D eigenvalue weighted by molar-refractivity contribution is 6.00. The number of halogens is 2. The number of amides is 1. The fourth-order valence-corrected chi connectivity index (χ4v) is 3.43. The van der Waals surface area contributed by atoms with E-state index in [0.717, 1.165) is 12.1 Å². The van der Waals surface area contributed by atoms with E-state index < -0.39 is 11.6 Å². The third-order valence-corrected chi connectivity index (χ3v) is 5.07. The molecule has 5 nitrogen and oxygen atoms in total. The van der Waals surface area contributed by atoms with Gasteiger partial charge in [-0.1, -0.05) is 38.1 Å². The average molecular weight is 397 g/mol. The summed E-state index contributed by atoms with van der Waals surface area (Å²) in [7, 11) is 0. The highest BCUT2D eigenvalue weighted by atomic mass is 19.1. The van der Waals surface area contributed by atoms with Crippen molar-refractivity contribution >= 4 is 5.91 Å². The maximum atomic E-state index is 14.2. The number of hydrogen-bond acceptors (Lipinski definition) is 4. The molecular formula is C22H21F2N3O2. The van der Waals surface area contributed by atoms with Crippen molar-refractivity contribution in [2.75, 3.05) is 6.54 Å². The number of nitrogens with zero attached hydrogens (tertiary/aromatic N) is 3. The Balaban J connectivity index is 1.67. The van der Waals surface area contributed by atoms with E-state index in [9.17, 15) is 13.6 Å². The van der Waals surface area contributed by atoms with Crippen LogP contribution in [0.5, 0.6) is 0 Å². The van der Waals surface area contributed by atoms with E-state index in [-0.39, 0.29) is 35.7 Å². The molecule has 0 spiro atoms. The van der Waals surface area contributed by atoms with Crippen LogP contribution in [0.15, 0.2) is 40.9 Å². The van der Waals surface area contributed by atoms with Gasteiger partial charge in [-0.2, -0.15) is 4.98 Å². The minimum absolute atomic E-state index is 0.0170. The van der Waals surface area contributed by atoms with Gasteiger partial charge in [-0.05, 0) is 36.2 Å². The molecule has 2 aromatic carbocycles. The molecule has 29 heavy (non-hydrogen) atoms. The molecule has 150 valence electrons. The third kappa shape index (κ3) is 3.52. The Morgan fingerprint density at radius 3 is 2.45 bits per heavy atom. The Labute approximate surface area is 167 Å². The Hall–Kier alpha value is -3.09. The van der Waals surface area contributed by atoms with Crippen LogP contribution < -0.4 is 0 Å². The minimum Gasteiger partial charge on any atom is -0.334 e. The highest BCUT2D eigenvalue weighted by Crippen LogP contribution is 2.29. The second-order valence-electron chi connectivity index (χ2n) is 8.18. The van der Waals surface area contributed by atoms with Gasteiger partial charge in [0.05, 0.1) is 11.1 Å². The second-order valence-corrected chi connectivity index (χ2v) is 8.18. The molecule has 0 unspecified atom stereocenters. The summed E-state index contributed by atoms with van der Waals surface area (Å²) in [5, 5.41) is 4.03. The summed E-state index contributed by atoms with van der Waals surface area (Å²) in [6.45, 7) is 6.23. The lowest BCUT2D eigenvalue weighted by molar-refractivity contribution is 0.0731. The van der Waals surface area contributed by atoms with Gasteiger partial charge in [0, 0.05) is 24.1 Å². The van der Waals surface area contributed by atoms with E-state index in [4.69, 9.17) is 4.52 Å². The molecule has 0 aliphatic carbocycles. The number of benzene rings is 2. The molecular weight excluding hydrogens is 376 g/mol. The molecule has 1 amide bonds. The number of rotatable bonds is 2. The molecule has 0 atom stereocenters. The molecule has 1 aromatic heterocycles. The summed E-state index contributed by atoms with van der Waals surface area (Å²) in [4.78, 5) is 19.2. The summed E-state index contributed by atoms with van der Waals surface area (Å²) < 4.78 is 33.6. The molecule has 0 bridgehead atoms. The fraction of sp³-hybridized carbons (Fsp3) is 0.318. The van der Waals surface area contributed by atoms with Gasteiger partial charge < -0.3 is 9.42 Å². The van der Waals surface area contributed by atoms with Crippen LogP contribution in [0.3, 0.4) is 0 Å². The fourth-order valence-electron chi connectivity index (χ4n) is 3.43. The van der Waals surface area contributed by atoms with E-state index in [0.29, 0.717) is 29.1 Å². The Bertz CT molecular complexity index is 1090. The molecule has 0 radical (unpaired) electrons. The van der Waals surface area contributed by atoms with Crippen molar-refractivity contribution in [1.82, 2.24) is 15.0 Å². The predicted molar refractivity (Wildman–Crippen MR) is 103 cm³/mol. The molecule has 3 aromatic rings. The van der Waals surface area contributed by atoms with E-state index in [1.54, 1.807) is 24.3 Å². The Kier molecular flexibility index (Phi) is 4.68. The van der Waals surface area contributed by atoms with Gasteiger partial charge in [-0.3, -0.25) is 4.79 Å². The first-order valence-electron chi connectivity index (χ1n) is 9.44. The van der Waals surface area contributed by atoms with Crippen molar-refractivity contribution in [3.05, 3.63) is 70.5 Å². The van der Waals surface area contributed by atoms with Crippen molar-refractivity contribution in [3.8, 4) is 11.5 Å². The SMILES string of the molecule is CC(C)(C)c1noc(-c2ccccc2C(=O)N2CCc3c(F)ccc(F)c3C2)n1. The van der Waals surface area contributed by atoms with Crippen LogP contribution in [0.2, 0.25) is 0 Å². The summed E-state index contributed by atoms with van der Waals surface area (Å²) in [5.41, 5.74) is 1.19. The molecule has 0 fully saturated rings. The molecule has 4 rings (SSSR count). The summed E-state index contributed by atoms with van der Waals surface area (Å²) in [6, 6.07) is 9.18. The monoisotopic (exact) mass is 397 g/mol. The van der Waals surface area contributed by atoms with Crippen LogP contribution in [0.1, 0.15) is 48.1 Å². The van der Waals surface area contributed by atoms with E-state index in [2.05, 4.69) is 10.1 Å². The van der Waals surface area contributed by atoms with Crippen LogP contribution in [-0.2, 0) is 18.4 Å². The zero-order valence-electron chi connectivity index (χ0n) is 16.5. The van der Waals surface area contributed by atoms with Crippen LogP contribution >= 0.6 is 0 Å². The molecule has 0 saturated carbocycles. The number of aromatic nitrogens is 2. The third-order valence-electron chi connectivity index (χ3n) is 5.07. The van der Waals surface area contributed by atoms with Crippen LogP contribution in [-0.4, -0.2) is 27.5 Å². The van der Waals surface area contributed by atoms with Crippen LogP contribution in [0, 0.1) is 11.6 Å². The minimum atomic E-state index is -0.501. The first-order valence-corrected chi connectivity index (χ1v) is 9.44. The lowest BCUT2D eigenvalue weighted by atomic mass is 9.96. The van der Waals surface area contributed by atoms with Gasteiger partial charge in [-0.25, -0.2) is 8.78 Å². The first kappa shape index (κ1) is 19.2. The molecule has 0 N–H and O–H groups in total. The van der Waals surface area contributed by atoms with Crippen LogP contribution in [0.4, 0.5) is 8.78 Å². The van der Waals surface area contributed by atoms with Crippen molar-refractivity contribution in [2.24, 2.45) is 0 Å². The molecule has 2 heterocycles. The lowest BCUT2D eigenvalue weighted by Gasteiger charge is -2.29. The molecule has 1 aliphatic heterocycles. The lowest BCUT2D eigenvalue weighted by Crippen LogP contribution is -2.37. The van der Waals surface area contributed by atoms with Crippen molar-refractivity contribution in [3.63, 3.8) is 0 Å². The normalized spacial score (nSPS) is 14.0. The maximum absolute atomic E-state index is 14.2. The number of carbonyl (C=O) groups excluding carboxylic acids is 1. The highest BCUT2D eigenvalue weighted by Gasteiger charge is 2.29. The zero-order valence-corrected chi connectivity index (χ0v) is 16.5. The van der Waals surface area contributed by atoms with E-state index in [1.807, 2.05) is 20.8 Å². The van der Waals surface area contributed by atoms with Gasteiger partial charge in [-0.15, -0.1) is 0 Å². The summed E-state index contributed by atoms with van der Waals surface area (Å²) in [6.07, 6.45) is 0.265. The topological polar surface area (TPSA) is 59.2 Å². The predicted octanol–water partition coefficient (Wildman–Crippen LogP) is 4.51. The van der Waals surface area contributed by atoms with Gasteiger partial charge in [0.1, 0.15) is 11.6 Å². The Morgan fingerprint density at radius 1 is 1.07 bits per heavy atom. The molecule has 7 heteroatoms. The average Bonchev–Trinajstić information content (AvgIpc) is 3.21. The van der Waals surface area contributed by atoms with E-state index >= 15 is 0 Å². The number of fused-ring (bicyclic) bond motifs is 1. The smallest absolute Gasteiger partial charge is 0.258 e. The largest absolute Gasteiger partial charge is 0.334 e. The van der Waals surface area contributed by atoms with Gasteiger partial charge >= 0.3 is 0 Å². The van der Waals surface area contributed by atoms with Crippen LogP contribution in [0.25, 0.3) is 11.5 Å². The second kappa shape index (κ2) is 7.06. The standard InChI is InChI=1S/C22H21F2N3O2/c1-22(2,3)21-25-19(29-26-21)14-6-4-5-7-15(14)20(28)27-11-10-13-16(12-27)18(24)9-8-17(13)23/h4-9H,10-12H2,1-3H3. The number of hydrogen-bond donors (Lipinski definition) is 0.